The highest BCUT2D eigenvalue weighted by atomic mass is 16.5. The average molecular weight is 279 g/mol. The van der Waals surface area contributed by atoms with Gasteiger partial charge in [-0.3, -0.25) is 9.69 Å². The first kappa shape index (κ1) is 14.8. The zero-order valence-electron chi connectivity index (χ0n) is 11.7. The Bertz CT molecular complexity index is 423. The molecule has 0 radical (unpaired) electrons. The molecule has 1 N–H and O–H groups in total. The van der Waals surface area contributed by atoms with Crippen LogP contribution in [0.25, 0.3) is 0 Å². The van der Waals surface area contributed by atoms with E-state index in [0.717, 1.165) is 12.2 Å². The molecule has 2 atom stereocenters. The zero-order valence-corrected chi connectivity index (χ0v) is 11.7. The molecule has 5 heteroatoms. The van der Waals surface area contributed by atoms with Crippen molar-refractivity contribution in [1.29, 1.82) is 0 Å². The number of esters is 1. The van der Waals surface area contributed by atoms with Gasteiger partial charge < -0.3 is 14.6 Å². The highest BCUT2D eigenvalue weighted by Gasteiger charge is 2.36. The molecule has 1 heterocycles. The number of β-amino-alcohol motifs (C(OH)–C–C–N with tert-alkyl or cyclic N) is 1. The first-order chi connectivity index (χ1) is 9.70. The second kappa shape index (κ2) is 7.26. The fourth-order valence-corrected chi connectivity index (χ4v) is 2.48. The summed E-state index contributed by atoms with van der Waals surface area (Å²) >= 11 is 0. The lowest BCUT2D eigenvalue weighted by Gasteiger charge is -2.21. The monoisotopic (exact) mass is 279 g/mol. The van der Waals surface area contributed by atoms with Gasteiger partial charge in [-0.15, -0.1) is 0 Å². The van der Waals surface area contributed by atoms with Crippen LogP contribution in [0, 0.1) is 0 Å². The zero-order chi connectivity index (χ0) is 14.4. The molecule has 1 aromatic rings. The molecule has 0 aliphatic carbocycles. The Hall–Kier alpha value is -1.59. The van der Waals surface area contributed by atoms with Crippen LogP contribution < -0.4 is 4.74 Å². The quantitative estimate of drug-likeness (QED) is 0.623. The molecule has 0 bridgehead atoms. The maximum Gasteiger partial charge on any atom is 0.323 e. The summed E-state index contributed by atoms with van der Waals surface area (Å²) in [5.74, 6) is 0.573. The Kier molecular flexibility index (Phi) is 5.38. The summed E-state index contributed by atoms with van der Waals surface area (Å²) in [6.07, 6.45) is 0.801. The van der Waals surface area contributed by atoms with Crippen molar-refractivity contribution >= 4 is 5.97 Å². The number of likely N-dealkylation sites (tertiary alicyclic amines) is 1. The number of ether oxygens (including phenoxy) is 2. The number of benzene rings is 1. The number of aliphatic hydroxyl groups is 1. The second-order valence-electron chi connectivity index (χ2n) is 4.94. The number of hydrogen-bond donors (Lipinski definition) is 1. The third kappa shape index (κ3) is 3.95. The van der Waals surface area contributed by atoms with Gasteiger partial charge in [-0.05, 0) is 18.6 Å². The summed E-state index contributed by atoms with van der Waals surface area (Å²) in [4.78, 5) is 13.6. The number of aliphatic hydroxyl groups excluding tert-OH is 1. The van der Waals surface area contributed by atoms with Crippen molar-refractivity contribution in [2.75, 3.05) is 26.8 Å². The maximum absolute atomic E-state index is 11.6. The molecule has 1 fully saturated rings. The van der Waals surface area contributed by atoms with Gasteiger partial charge in [0.25, 0.3) is 0 Å². The Morgan fingerprint density at radius 1 is 1.40 bits per heavy atom. The topological polar surface area (TPSA) is 59.0 Å². The molecule has 2 unspecified atom stereocenters. The van der Waals surface area contributed by atoms with E-state index in [4.69, 9.17) is 9.47 Å². The van der Waals surface area contributed by atoms with Crippen LogP contribution in [-0.2, 0) is 9.53 Å². The van der Waals surface area contributed by atoms with Crippen molar-refractivity contribution in [2.45, 2.75) is 25.0 Å². The van der Waals surface area contributed by atoms with E-state index in [9.17, 15) is 9.90 Å². The minimum absolute atomic E-state index is 0.273. The van der Waals surface area contributed by atoms with Gasteiger partial charge in [0.05, 0.1) is 19.8 Å². The van der Waals surface area contributed by atoms with Crippen molar-refractivity contribution in [3.8, 4) is 5.75 Å². The second-order valence-corrected chi connectivity index (χ2v) is 4.94. The number of rotatable bonds is 6. The van der Waals surface area contributed by atoms with Crippen LogP contribution >= 0.6 is 0 Å². The molecule has 2 rings (SSSR count). The van der Waals surface area contributed by atoms with Crippen LogP contribution in [0.5, 0.6) is 5.75 Å². The van der Waals surface area contributed by atoms with Crippen molar-refractivity contribution in [1.82, 2.24) is 4.90 Å². The lowest BCUT2D eigenvalue weighted by atomic mass is 10.2. The third-order valence-electron chi connectivity index (χ3n) is 3.46. The van der Waals surface area contributed by atoms with Crippen LogP contribution in [0.15, 0.2) is 30.3 Å². The van der Waals surface area contributed by atoms with Crippen molar-refractivity contribution in [2.24, 2.45) is 0 Å². The minimum atomic E-state index is -0.450. The molecule has 1 aliphatic heterocycles. The van der Waals surface area contributed by atoms with E-state index < -0.39 is 6.10 Å². The summed E-state index contributed by atoms with van der Waals surface area (Å²) in [6, 6.07) is 9.30. The fourth-order valence-electron chi connectivity index (χ4n) is 2.48. The van der Waals surface area contributed by atoms with Crippen LogP contribution in [-0.4, -0.2) is 54.9 Å². The molecule has 0 aromatic heterocycles. The molecule has 20 heavy (non-hydrogen) atoms. The van der Waals surface area contributed by atoms with E-state index in [1.54, 1.807) is 0 Å². The summed E-state index contributed by atoms with van der Waals surface area (Å²) in [5, 5.41) is 9.67. The van der Waals surface area contributed by atoms with E-state index in [1.807, 2.05) is 35.2 Å². The largest absolute Gasteiger partial charge is 0.494 e. The van der Waals surface area contributed by atoms with Gasteiger partial charge in [-0.25, -0.2) is 0 Å². The third-order valence-corrected chi connectivity index (χ3v) is 3.46. The lowest BCUT2D eigenvalue weighted by Crippen LogP contribution is -2.37. The van der Waals surface area contributed by atoms with Crippen LogP contribution in [0.1, 0.15) is 12.8 Å². The maximum atomic E-state index is 11.6. The van der Waals surface area contributed by atoms with Crippen LogP contribution in [0.4, 0.5) is 0 Å². The van der Waals surface area contributed by atoms with E-state index in [-0.39, 0.29) is 12.0 Å². The van der Waals surface area contributed by atoms with Gasteiger partial charge in [0.1, 0.15) is 11.8 Å². The summed E-state index contributed by atoms with van der Waals surface area (Å²) < 4.78 is 10.4. The standard InChI is InChI=1S/C15H21NO4/c1-19-15(18)14-10-12(17)11-16(14)8-5-9-20-13-6-3-2-4-7-13/h2-4,6-7,12,14,17H,5,8-11H2,1H3. The first-order valence-corrected chi connectivity index (χ1v) is 6.88. The predicted molar refractivity (Wildman–Crippen MR) is 74.6 cm³/mol. The molecule has 5 nitrogen and oxygen atoms in total. The fraction of sp³-hybridized carbons (Fsp3) is 0.533. The summed E-state index contributed by atoms with van der Waals surface area (Å²) in [7, 11) is 1.38. The summed E-state index contributed by atoms with van der Waals surface area (Å²) in [5.41, 5.74) is 0. The molecule has 1 aromatic carbocycles. The molecule has 110 valence electrons. The molecule has 1 aliphatic rings. The van der Waals surface area contributed by atoms with Crippen LogP contribution in [0.3, 0.4) is 0 Å². The van der Waals surface area contributed by atoms with E-state index in [1.165, 1.54) is 7.11 Å². The van der Waals surface area contributed by atoms with Gasteiger partial charge in [-0.1, -0.05) is 18.2 Å². The Morgan fingerprint density at radius 3 is 2.85 bits per heavy atom. The molecule has 0 spiro atoms. The predicted octanol–water partition coefficient (Wildman–Crippen LogP) is 1.06. The molecular weight excluding hydrogens is 258 g/mol. The van der Waals surface area contributed by atoms with Gasteiger partial charge in [0, 0.05) is 19.5 Å². The SMILES string of the molecule is COC(=O)C1CC(O)CN1CCCOc1ccccc1. The Morgan fingerprint density at radius 2 is 2.15 bits per heavy atom. The van der Waals surface area contributed by atoms with Gasteiger partial charge in [-0.2, -0.15) is 0 Å². The molecule has 1 saturated heterocycles. The highest BCUT2D eigenvalue weighted by Crippen LogP contribution is 2.19. The van der Waals surface area contributed by atoms with Crippen molar-refractivity contribution < 1.29 is 19.4 Å². The van der Waals surface area contributed by atoms with Gasteiger partial charge in [0.15, 0.2) is 0 Å². The summed E-state index contributed by atoms with van der Waals surface area (Å²) in [6.45, 7) is 1.82. The van der Waals surface area contributed by atoms with Gasteiger partial charge >= 0.3 is 5.97 Å². The Balaban J connectivity index is 1.74. The number of methoxy groups -OCH3 is 1. The van der Waals surface area contributed by atoms with Gasteiger partial charge in [0.2, 0.25) is 0 Å². The van der Waals surface area contributed by atoms with Crippen molar-refractivity contribution in [3.63, 3.8) is 0 Å². The average Bonchev–Trinajstić information content (AvgIpc) is 2.85. The normalized spacial score (nSPS) is 22.7. The van der Waals surface area contributed by atoms with E-state index in [0.29, 0.717) is 26.1 Å². The molecule has 0 amide bonds. The Labute approximate surface area is 119 Å². The molecular formula is C15H21NO4. The number of hydrogen-bond acceptors (Lipinski definition) is 5. The smallest absolute Gasteiger partial charge is 0.323 e. The first-order valence-electron chi connectivity index (χ1n) is 6.88. The lowest BCUT2D eigenvalue weighted by molar-refractivity contribution is -0.145. The minimum Gasteiger partial charge on any atom is -0.494 e. The highest BCUT2D eigenvalue weighted by molar-refractivity contribution is 5.76. The van der Waals surface area contributed by atoms with E-state index in [2.05, 4.69) is 0 Å². The van der Waals surface area contributed by atoms with Crippen molar-refractivity contribution in [3.05, 3.63) is 30.3 Å². The number of para-hydroxylation sites is 1. The number of carbonyl (C=O) groups is 1. The number of carbonyl (C=O) groups excluding carboxylic acids is 1. The van der Waals surface area contributed by atoms with Crippen LogP contribution in [0.2, 0.25) is 0 Å². The van der Waals surface area contributed by atoms with E-state index >= 15 is 0 Å². The number of nitrogens with zero attached hydrogens (tertiary/aromatic N) is 1. The molecule has 0 saturated carbocycles.